The van der Waals surface area contributed by atoms with E-state index in [-0.39, 0.29) is 24.8 Å². The molecule has 1 aromatic rings. The second kappa shape index (κ2) is 5.47. The molecule has 1 atom stereocenters. The van der Waals surface area contributed by atoms with E-state index in [0.29, 0.717) is 24.6 Å². The predicted molar refractivity (Wildman–Crippen MR) is 71.9 cm³/mol. The first-order valence-electron chi connectivity index (χ1n) is 7.43. The lowest BCUT2D eigenvalue weighted by molar-refractivity contribution is -0.182. The van der Waals surface area contributed by atoms with E-state index in [1.165, 1.54) is 0 Å². The zero-order valence-electron chi connectivity index (χ0n) is 11.7. The maximum atomic E-state index is 12.7. The molecule has 0 radical (unpaired) electrons. The van der Waals surface area contributed by atoms with Crippen LogP contribution in [0.2, 0.25) is 0 Å². The average Bonchev–Trinajstić information content (AvgIpc) is 3.06. The molecule has 118 valence electrons. The second-order valence-electron chi connectivity index (χ2n) is 6.11. The molecule has 1 aliphatic carbocycles. The van der Waals surface area contributed by atoms with E-state index >= 15 is 0 Å². The number of aromatic nitrogens is 3. The molecule has 0 aromatic carbocycles. The lowest BCUT2D eigenvalue weighted by atomic mass is 9.81. The highest BCUT2D eigenvalue weighted by Crippen LogP contribution is 2.42. The lowest BCUT2D eigenvalue weighted by Crippen LogP contribution is -2.27. The summed E-state index contributed by atoms with van der Waals surface area (Å²) < 4.78 is 38.0. The Kier molecular flexibility index (Phi) is 3.81. The molecule has 2 aliphatic rings. The van der Waals surface area contributed by atoms with Crippen LogP contribution in [0.5, 0.6) is 0 Å². The van der Waals surface area contributed by atoms with E-state index in [4.69, 9.17) is 5.73 Å². The van der Waals surface area contributed by atoms with Gasteiger partial charge in [-0.25, -0.2) is 0 Å². The predicted octanol–water partition coefficient (Wildman–Crippen LogP) is 2.18. The van der Waals surface area contributed by atoms with Crippen molar-refractivity contribution >= 4 is 5.95 Å². The van der Waals surface area contributed by atoms with Gasteiger partial charge in [0.15, 0.2) is 0 Å². The zero-order chi connectivity index (χ0) is 15.0. The standard InChI is InChI=1S/C13H20F3N5/c14-13(15,16)9-3-1-8(2-4-9)11-18-12(20-19-11)21-6-5-10(17)7-21/h8-10H,1-7,17H2,(H,18,19,20). The minimum Gasteiger partial charge on any atom is -0.338 e. The van der Waals surface area contributed by atoms with E-state index < -0.39 is 12.1 Å². The summed E-state index contributed by atoms with van der Waals surface area (Å²) in [5.41, 5.74) is 5.85. The molecule has 21 heavy (non-hydrogen) atoms. The molecule has 8 heteroatoms. The van der Waals surface area contributed by atoms with Gasteiger partial charge in [-0.1, -0.05) is 0 Å². The Morgan fingerprint density at radius 1 is 1.14 bits per heavy atom. The first-order chi connectivity index (χ1) is 9.93. The number of nitrogens with one attached hydrogen (secondary N) is 1. The summed E-state index contributed by atoms with van der Waals surface area (Å²) in [6.45, 7) is 1.57. The molecule has 1 unspecified atom stereocenters. The van der Waals surface area contributed by atoms with E-state index in [2.05, 4.69) is 15.2 Å². The maximum absolute atomic E-state index is 12.7. The van der Waals surface area contributed by atoms with Gasteiger partial charge in [0, 0.05) is 25.0 Å². The minimum absolute atomic E-state index is 0.0566. The Balaban J connectivity index is 1.60. The average molecular weight is 303 g/mol. The van der Waals surface area contributed by atoms with E-state index in [9.17, 15) is 13.2 Å². The third-order valence-corrected chi connectivity index (χ3v) is 4.58. The van der Waals surface area contributed by atoms with E-state index in [0.717, 1.165) is 19.5 Å². The normalized spacial score (nSPS) is 30.9. The van der Waals surface area contributed by atoms with Crippen molar-refractivity contribution in [3.63, 3.8) is 0 Å². The van der Waals surface area contributed by atoms with Crippen LogP contribution in [-0.2, 0) is 0 Å². The van der Waals surface area contributed by atoms with Crippen molar-refractivity contribution in [1.29, 1.82) is 0 Å². The van der Waals surface area contributed by atoms with Crippen LogP contribution in [0.15, 0.2) is 0 Å². The highest BCUT2D eigenvalue weighted by Gasteiger charge is 2.42. The van der Waals surface area contributed by atoms with Crippen molar-refractivity contribution in [2.24, 2.45) is 11.7 Å². The van der Waals surface area contributed by atoms with Crippen LogP contribution >= 0.6 is 0 Å². The number of aromatic amines is 1. The van der Waals surface area contributed by atoms with Crippen LogP contribution < -0.4 is 10.6 Å². The highest BCUT2D eigenvalue weighted by molar-refractivity contribution is 5.31. The van der Waals surface area contributed by atoms with Gasteiger partial charge in [0.2, 0.25) is 5.95 Å². The number of nitrogens with zero attached hydrogens (tertiary/aromatic N) is 3. The van der Waals surface area contributed by atoms with Crippen molar-refractivity contribution in [1.82, 2.24) is 15.2 Å². The molecular formula is C13H20F3N5. The number of nitrogens with two attached hydrogens (primary N) is 1. The van der Waals surface area contributed by atoms with Crippen molar-refractivity contribution < 1.29 is 13.2 Å². The van der Waals surface area contributed by atoms with Crippen LogP contribution in [0.1, 0.15) is 43.8 Å². The summed E-state index contributed by atoms with van der Waals surface area (Å²) >= 11 is 0. The van der Waals surface area contributed by atoms with Crippen LogP contribution in [0, 0.1) is 5.92 Å². The van der Waals surface area contributed by atoms with Crippen molar-refractivity contribution in [3.05, 3.63) is 5.82 Å². The summed E-state index contributed by atoms with van der Waals surface area (Å²) in [5.74, 6) is 0.232. The minimum atomic E-state index is -4.07. The number of alkyl halides is 3. The van der Waals surface area contributed by atoms with Crippen molar-refractivity contribution in [2.75, 3.05) is 18.0 Å². The van der Waals surface area contributed by atoms with Gasteiger partial charge in [0.25, 0.3) is 0 Å². The van der Waals surface area contributed by atoms with Gasteiger partial charge in [-0.3, -0.25) is 5.10 Å². The van der Waals surface area contributed by atoms with Gasteiger partial charge in [0.1, 0.15) is 5.82 Å². The number of hydrogen-bond acceptors (Lipinski definition) is 4. The molecule has 5 nitrogen and oxygen atoms in total. The number of anilines is 1. The Morgan fingerprint density at radius 3 is 2.43 bits per heavy atom. The topological polar surface area (TPSA) is 70.8 Å². The summed E-state index contributed by atoms with van der Waals surface area (Å²) in [7, 11) is 0. The van der Waals surface area contributed by atoms with Gasteiger partial charge in [-0.2, -0.15) is 18.2 Å². The monoisotopic (exact) mass is 303 g/mol. The quantitative estimate of drug-likeness (QED) is 0.878. The number of H-pyrrole nitrogens is 1. The Bertz CT molecular complexity index is 478. The Morgan fingerprint density at radius 2 is 1.86 bits per heavy atom. The largest absolute Gasteiger partial charge is 0.391 e. The summed E-state index contributed by atoms with van der Waals surface area (Å²) in [5, 5.41) is 7.08. The summed E-state index contributed by atoms with van der Waals surface area (Å²) in [6.07, 6.45) is -1.77. The SMILES string of the molecule is NC1CCN(c2n[nH]c(C3CCC(C(F)(F)F)CC3)n2)C1. The number of rotatable bonds is 2. The van der Waals surface area contributed by atoms with E-state index in [1.807, 2.05) is 4.90 Å². The van der Waals surface area contributed by atoms with E-state index in [1.54, 1.807) is 0 Å². The summed E-state index contributed by atoms with van der Waals surface area (Å²) in [4.78, 5) is 6.48. The Hall–Kier alpha value is -1.31. The lowest BCUT2D eigenvalue weighted by Gasteiger charge is -2.28. The van der Waals surface area contributed by atoms with Crippen LogP contribution in [-0.4, -0.2) is 40.5 Å². The van der Waals surface area contributed by atoms with Gasteiger partial charge in [-0.05, 0) is 32.1 Å². The number of halogens is 3. The van der Waals surface area contributed by atoms with Gasteiger partial charge < -0.3 is 10.6 Å². The molecule has 2 heterocycles. The molecule has 0 bridgehead atoms. The van der Waals surface area contributed by atoms with Gasteiger partial charge in [-0.15, -0.1) is 5.10 Å². The maximum Gasteiger partial charge on any atom is 0.391 e. The van der Waals surface area contributed by atoms with Crippen LogP contribution in [0.25, 0.3) is 0 Å². The first-order valence-corrected chi connectivity index (χ1v) is 7.43. The third kappa shape index (κ3) is 3.14. The molecule has 3 rings (SSSR count). The molecular weight excluding hydrogens is 283 g/mol. The highest BCUT2D eigenvalue weighted by atomic mass is 19.4. The summed E-state index contributed by atoms with van der Waals surface area (Å²) in [6, 6.07) is 0.147. The fourth-order valence-electron chi connectivity index (χ4n) is 3.25. The molecule has 1 aliphatic heterocycles. The molecule has 2 fully saturated rings. The van der Waals surface area contributed by atoms with Crippen LogP contribution in [0.3, 0.4) is 0 Å². The first kappa shape index (κ1) is 14.6. The smallest absolute Gasteiger partial charge is 0.338 e. The molecule has 1 saturated heterocycles. The molecule has 3 N–H and O–H groups in total. The van der Waals surface area contributed by atoms with Crippen molar-refractivity contribution in [3.8, 4) is 0 Å². The molecule has 0 spiro atoms. The fraction of sp³-hybridized carbons (Fsp3) is 0.846. The Labute approximate surface area is 121 Å². The molecule has 1 aromatic heterocycles. The van der Waals surface area contributed by atoms with Gasteiger partial charge >= 0.3 is 6.18 Å². The third-order valence-electron chi connectivity index (χ3n) is 4.58. The molecule has 1 saturated carbocycles. The fourth-order valence-corrected chi connectivity index (χ4v) is 3.25. The zero-order valence-corrected chi connectivity index (χ0v) is 11.7. The second-order valence-corrected chi connectivity index (χ2v) is 6.11. The van der Waals surface area contributed by atoms with Crippen molar-refractivity contribution in [2.45, 2.75) is 50.2 Å². The molecule has 0 amide bonds. The van der Waals surface area contributed by atoms with Crippen LogP contribution in [0.4, 0.5) is 19.1 Å². The number of hydrogen-bond donors (Lipinski definition) is 2. The van der Waals surface area contributed by atoms with Gasteiger partial charge in [0.05, 0.1) is 5.92 Å².